The Hall–Kier alpha value is -3.20. The van der Waals surface area contributed by atoms with Crippen LogP contribution in [0.5, 0.6) is 0 Å². The third-order valence-electron chi connectivity index (χ3n) is 6.49. The normalized spacial score (nSPS) is 31.4. The minimum Gasteiger partial charge on any atom is -0.357 e. The van der Waals surface area contributed by atoms with Gasteiger partial charge in [0.1, 0.15) is 0 Å². The van der Waals surface area contributed by atoms with E-state index in [2.05, 4.69) is 10.2 Å². The number of imide groups is 1. The van der Waals surface area contributed by atoms with Crippen LogP contribution in [-0.4, -0.2) is 43.0 Å². The standard InChI is InChI=1S/C24H21N3O5/c1-14-2-4-15(5-3-14)25-26-16-6-8-17(9-7-16)27-21(28)19-18-10-11-24(32-18,20(19)22(27)29)23-30-12-13-31-23/h2-11,18-20,23H,12-13H2,1H3/t18-,19+,20+,24-/m1/s1. The van der Waals surface area contributed by atoms with E-state index in [4.69, 9.17) is 14.2 Å². The van der Waals surface area contributed by atoms with Crippen LogP contribution >= 0.6 is 0 Å². The van der Waals surface area contributed by atoms with E-state index in [9.17, 15) is 9.59 Å². The average molecular weight is 431 g/mol. The fraction of sp³-hybridized carbons (Fsp3) is 0.333. The number of rotatable bonds is 4. The molecular weight excluding hydrogens is 410 g/mol. The molecule has 8 nitrogen and oxygen atoms in total. The summed E-state index contributed by atoms with van der Waals surface area (Å²) in [4.78, 5) is 27.9. The molecule has 162 valence electrons. The number of ether oxygens (including phenoxy) is 3. The number of fused-ring (bicyclic) bond motifs is 5. The zero-order chi connectivity index (χ0) is 21.9. The zero-order valence-electron chi connectivity index (χ0n) is 17.4. The van der Waals surface area contributed by atoms with Crippen molar-refractivity contribution in [2.24, 2.45) is 22.1 Å². The fourth-order valence-electron chi connectivity index (χ4n) is 4.98. The maximum Gasteiger partial charge on any atom is 0.241 e. The van der Waals surface area contributed by atoms with Crippen molar-refractivity contribution >= 4 is 28.9 Å². The van der Waals surface area contributed by atoms with E-state index in [1.165, 1.54) is 4.90 Å². The summed E-state index contributed by atoms with van der Waals surface area (Å²) in [5.41, 5.74) is 1.99. The van der Waals surface area contributed by atoms with Crippen LogP contribution < -0.4 is 4.90 Å². The topological polar surface area (TPSA) is 89.8 Å². The lowest BCUT2D eigenvalue weighted by Crippen LogP contribution is -2.49. The molecule has 32 heavy (non-hydrogen) atoms. The molecule has 0 aliphatic carbocycles. The molecule has 2 amide bonds. The molecule has 2 aromatic carbocycles. The zero-order valence-corrected chi connectivity index (χ0v) is 17.4. The number of hydrogen-bond acceptors (Lipinski definition) is 7. The third kappa shape index (κ3) is 2.80. The second kappa shape index (κ2) is 7.16. The second-order valence-corrected chi connectivity index (χ2v) is 8.44. The summed E-state index contributed by atoms with van der Waals surface area (Å²) < 4.78 is 17.4. The molecule has 2 bridgehead atoms. The quantitative estimate of drug-likeness (QED) is 0.419. The lowest BCUT2D eigenvalue weighted by molar-refractivity contribution is -0.180. The molecule has 2 aromatic rings. The maximum absolute atomic E-state index is 13.4. The van der Waals surface area contributed by atoms with Gasteiger partial charge in [-0.15, -0.1) is 0 Å². The Labute approximate surface area is 184 Å². The molecule has 4 atom stereocenters. The summed E-state index contributed by atoms with van der Waals surface area (Å²) in [6.45, 7) is 2.89. The van der Waals surface area contributed by atoms with Gasteiger partial charge in [-0.3, -0.25) is 9.59 Å². The summed E-state index contributed by atoms with van der Waals surface area (Å²) in [5, 5.41) is 8.47. The molecule has 0 radical (unpaired) electrons. The predicted molar refractivity (Wildman–Crippen MR) is 114 cm³/mol. The van der Waals surface area contributed by atoms with Gasteiger partial charge in [-0.05, 0) is 49.4 Å². The summed E-state index contributed by atoms with van der Waals surface area (Å²) in [5.74, 6) is -1.78. The SMILES string of the molecule is Cc1ccc(N=Nc2ccc(N3C(=O)[C@@H]4[C@@H](C3=O)[C@@]3(C5OCCO5)C=C[C@H]4O3)cc2)cc1. The highest BCUT2D eigenvalue weighted by molar-refractivity contribution is 6.23. The van der Waals surface area contributed by atoms with Gasteiger partial charge < -0.3 is 14.2 Å². The van der Waals surface area contributed by atoms with Crippen molar-refractivity contribution in [2.45, 2.75) is 24.9 Å². The van der Waals surface area contributed by atoms with E-state index in [1.807, 2.05) is 43.3 Å². The monoisotopic (exact) mass is 431 g/mol. The molecule has 6 rings (SSSR count). The Balaban J connectivity index is 1.25. The van der Waals surface area contributed by atoms with Crippen LogP contribution in [0.15, 0.2) is 70.9 Å². The van der Waals surface area contributed by atoms with Gasteiger partial charge in [0, 0.05) is 0 Å². The van der Waals surface area contributed by atoms with Crippen LogP contribution in [-0.2, 0) is 23.8 Å². The Morgan fingerprint density at radius 1 is 0.906 bits per heavy atom. The molecule has 0 N–H and O–H groups in total. The highest BCUT2D eigenvalue weighted by Gasteiger charge is 2.71. The molecule has 4 aliphatic rings. The number of aryl methyl sites for hydroxylation is 1. The molecule has 8 heteroatoms. The van der Waals surface area contributed by atoms with Crippen molar-refractivity contribution in [1.82, 2.24) is 0 Å². The van der Waals surface area contributed by atoms with Crippen LogP contribution in [0.3, 0.4) is 0 Å². The van der Waals surface area contributed by atoms with Gasteiger partial charge in [0.25, 0.3) is 0 Å². The van der Waals surface area contributed by atoms with Gasteiger partial charge in [-0.1, -0.05) is 23.8 Å². The number of nitrogens with zero attached hydrogens (tertiary/aromatic N) is 3. The summed E-state index contributed by atoms with van der Waals surface area (Å²) in [7, 11) is 0. The Morgan fingerprint density at radius 3 is 2.19 bits per heavy atom. The number of carbonyl (C=O) groups is 2. The van der Waals surface area contributed by atoms with Crippen LogP contribution in [0.25, 0.3) is 0 Å². The van der Waals surface area contributed by atoms with Gasteiger partial charge in [-0.2, -0.15) is 10.2 Å². The Bertz CT molecular complexity index is 1140. The van der Waals surface area contributed by atoms with Crippen molar-refractivity contribution in [1.29, 1.82) is 0 Å². The van der Waals surface area contributed by atoms with Gasteiger partial charge >= 0.3 is 0 Å². The number of anilines is 1. The Kier molecular flexibility index (Phi) is 4.36. The highest BCUT2D eigenvalue weighted by atomic mass is 16.7. The molecule has 0 spiro atoms. The van der Waals surface area contributed by atoms with Crippen molar-refractivity contribution in [2.75, 3.05) is 18.1 Å². The van der Waals surface area contributed by atoms with Crippen LogP contribution in [0.4, 0.5) is 17.1 Å². The van der Waals surface area contributed by atoms with Gasteiger partial charge in [0.15, 0.2) is 11.9 Å². The number of hydrogen-bond donors (Lipinski definition) is 0. The lowest BCUT2D eigenvalue weighted by atomic mass is 9.76. The van der Waals surface area contributed by atoms with Crippen LogP contribution in [0.2, 0.25) is 0 Å². The van der Waals surface area contributed by atoms with Crippen molar-refractivity contribution in [3.8, 4) is 0 Å². The second-order valence-electron chi connectivity index (χ2n) is 8.44. The first-order valence-corrected chi connectivity index (χ1v) is 10.6. The van der Waals surface area contributed by atoms with E-state index >= 15 is 0 Å². The van der Waals surface area contributed by atoms with Gasteiger partial charge in [0.2, 0.25) is 11.8 Å². The summed E-state index contributed by atoms with van der Waals surface area (Å²) in [6, 6.07) is 14.6. The summed E-state index contributed by atoms with van der Waals surface area (Å²) in [6.07, 6.45) is 2.55. The predicted octanol–water partition coefficient (Wildman–Crippen LogP) is 3.60. The van der Waals surface area contributed by atoms with Crippen LogP contribution in [0, 0.1) is 18.8 Å². The molecule has 0 saturated carbocycles. The first-order chi connectivity index (χ1) is 15.6. The molecule has 0 unspecified atom stereocenters. The third-order valence-corrected chi connectivity index (χ3v) is 6.49. The largest absolute Gasteiger partial charge is 0.357 e. The van der Waals surface area contributed by atoms with E-state index in [0.717, 1.165) is 11.3 Å². The maximum atomic E-state index is 13.4. The summed E-state index contributed by atoms with van der Waals surface area (Å²) >= 11 is 0. The first-order valence-electron chi connectivity index (χ1n) is 10.6. The van der Waals surface area contributed by atoms with Crippen LogP contribution in [0.1, 0.15) is 5.56 Å². The van der Waals surface area contributed by atoms with E-state index in [-0.39, 0.29) is 11.8 Å². The van der Waals surface area contributed by atoms with Gasteiger partial charge in [0.05, 0.1) is 48.2 Å². The number of benzene rings is 2. The highest BCUT2D eigenvalue weighted by Crippen LogP contribution is 2.55. The van der Waals surface area contributed by atoms with Gasteiger partial charge in [-0.25, -0.2) is 4.90 Å². The van der Waals surface area contributed by atoms with Crippen molar-refractivity contribution in [3.05, 3.63) is 66.2 Å². The first kappa shape index (κ1) is 19.5. The molecule has 4 aliphatic heterocycles. The average Bonchev–Trinajstić information content (AvgIpc) is 3.58. The molecule has 4 heterocycles. The molecule has 3 saturated heterocycles. The number of azo groups is 1. The fourth-order valence-corrected chi connectivity index (χ4v) is 4.98. The minimum absolute atomic E-state index is 0.261. The smallest absolute Gasteiger partial charge is 0.241 e. The molecule has 3 fully saturated rings. The Morgan fingerprint density at radius 2 is 1.53 bits per heavy atom. The van der Waals surface area contributed by atoms with E-state index in [1.54, 1.807) is 24.3 Å². The minimum atomic E-state index is -1.05. The van der Waals surface area contributed by atoms with Crippen molar-refractivity contribution < 1.29 is 23.8 Å². The van der Waals surface area contributed by atoms with E-state index < -0.39 is 29.8 Å². The lowest BCUT2D eigenvalue weighted by Gasteiger charge is -2.32. The molecular formula is C24H21N3O5. The van der Waals surface area contributed by atoms with Crippen molar-refractivity contribution in [3.63, 3.8) is 0 Å². The number of amides is 2. The van der Waals surface area contributed by atoms with E-state index in [0.29, 0.717) is 24.6 Å². The molecule has 0 aromatic heterocycles. The number of carbonyl (C=O) groups excluding carboxylic acids is 2.